The molecular weight excluding hydrogens is 405 g/mol. The molecule has 1 aromatic carbocycles. The number of hydrogen-bond donors (Lipinski definition) is 1. The van der Waals surface area contributed by atoms with Gasteiger partial charge in [-0.2, -0.15) is 4.98 Å². The molecule has 0 aliphatic carbocycles. The number of hydrogen-bond acceptors (Lipinski definition) is 7. The third-order valence-electron chi connectivity index (χ3n) is 4.43. The second-order valence-corrected chi connectivity index (χ2v) is 7.56. The molecule has 0 saturated heterocycles. The Morgan fingerprint density at radius 2 is 2.00 bits per heavy atom. The molecule has 0 atom stereocenters. The summed E-state index contributed by atoms with van der Waals surface area (Å²) in [6, 6.07) is 8.54. The van der Waals surface area contributed by atoms with Gasteiger partial charge in [-0.3, -0.25) is 9.78 Å². The topological polar surface area (TPSA) is 93.8 Å². The molecule has 7 nitrogen and oxygen atoms in total. The van der Waals surface area contributed by atoms with E-state index in [4.69, 9.17) is 4.52 Å². The highest BCUT2D eigenvalue weighted by molar-refractivity contribution is 7.09. The van der Waals surface area contributed by atoms with Crippen molar-refractivity contribution in [3.63, 3.8) is 0 Å². The maximum atomic E-state index is 13.7. The fourth-order valence-corrected chi connectivity index (χ4v) is 3.48. The van der Waals surface area contributed by atoms with Crippen LogP contribution >= 0.6 is 11.3 Å². The van der Waals surface area contributed by atoms with Gasteiger partial charge < -0.3 is 9.84 Å². The van der Waals surface area contributed by atoms with Crippen LogP contribution in [0.2, 0.25) is 0 Å². The number of halogens is 1. The van der Waals surface area contributed by atoms with Crippen LogP contribution in [-0.4, -0.2) is 26.0 Å². The van der Waals surface area contributed by atoms with Gasteiger partial charge in [0.15, 0.2) is 0 Å². The highest BCUT2D eigenvalue weighted by Crippen LogP contribution is 2.21. The van der Waals surface area contributed by atoms with E-state index >= 15 is 0 Å². The summed E-state index contributed by atoms with van der Waals surface area (Å²) < 4.78 is 18.9. The van der Waals surface area contributed by atoms with Crippen molar-refractivity contribution in [1.29, 1.82) is 0 Å². The zero-order chi connectivity index (χ0) is 20.9. The Labute approximate surface area is 176 Å². The predicted octanol–water partition coefficient (Wildman–Crippen LogP) is 3.95. The van der Waals surface area contributed by atoms with Crippen molar-refractivity contribution < 1.29 is 13.7 Å². The summed E-state index contributed by atoms with van der Waals surface area (Å²) in [6.45, 7) is 2.04. The SMILES string of the molecule is Cc1ccc(-c2noc(CCC(=O)NCc3nc(-c4ccncc4)cs3)n2)cc1F. The fraction of sp³-hybridized carbons (Fsp3) is 0.190. The van der Waals surface area contributed by atoms with Crippen molar-refractivity contribution in [1.82, 2.24) is 25.4 Å². The lowest BCUT2D eigenvalue weighted by Crippen LogP contribution is -2.22. The van der Waals surface area contributed by atoms with Crippen LogP contribution in [0.3, 0.4) is 0 Å². The summed E-state index contributed by atoms with van der Waals surface area (Å²) in [5, 5.41) is 9.47. The zero-order valence-corrected chi connectivity index (χ0v) is 16.9. The Morgan fingerprint density at radius 1 is 1.17 bits per heavy atom. The highest BCUT2D eigenvalue weighted by Gasteiger charge is 2.12. The molecule has 0 unspecified atom stereocenters. The average Bonchev–Trinajstić information content (AvgIpc) is 3.43. The van der Waals surface area contributed by atoms with Crippen molar-refractivity contribution in [3.8, 4) is 22.6 Å². The largest absolute Gasteiger partial charge is 0.350 e. The third kappa shape index (κ3) is 4.74. The number of thiazole rings is 1. The van der Waals surface area contributed by atoms with Gasteiger partial charge >= 0.3 is 0 Å². The monoisotopic (exact) mass is 423 g/mol. The molecule has 1 N–H and O–H groups in total. The van der Waals surface area contributed by atoms with Gasteiger partial charge in [-0.15, -0.1) is 11.3 Å². The fourth-order valence-electron chi connectivity index (χ4n) is 2.74. The number of rotatable bonds is 7. The van der Waals surface area contributed by atoms with Gasteiger partial charge in [0.2, 0.25) is 17.6 Å². The van der Waals surface area contributed by atoms with Crippen molar-refractivity contribution >= 4 is 17.2 Å². The van der Waals surface area contributed by atoms with Gasteiger partial charge in [-0.1, -0.05) is 17.3 Å². The van der Waals surface area contributed by atoms with E-state index < -0.39 is 0 Å². The van der Waals surface area contributed by atoms with Crippen LogP contribution in [0.25, 0.3) is 22.6 Å². The van der Waals surface area contributed by atoms with E-state index in [9.17, 15) is 9.18 Å². The quantitative estimate of drug-likeness (QED) is 0.484. The lowest BCUT2D eigenvalue weighted by molar-refractivity contribution is -0.121. The van der Waals surface area contributed by atoms with E-state index in [1.165, 1.54) is 17.4 Å². The second-order valence-electron chi connectivity index (χ2n) is 6.61. The van der Waals surface area contributed by atoms with E-state index in [0.29, 0.717) is 35.8 Å². The summed E-state index contributed by atoms with van der Waals surface area (Å²) >= 11 is 1.49. The number of pyridine rings is 1. The van der Waals surface area contributed by atoms with Gasteiger partial charge in [-0.05, 0) is 30.7 Å². The number of nitrogens with one attached hydrogen (secondary N) is 1. The predicted molar refractivity (Wildman–Crippen MR) is 110 cm³/mol. The van der Waals surface area contributed by atoms with Crippen molar-refractivity contribution in [2.45, 2.75) is 26.3 Å². The molecule has 0 aliphatic heterocycles. The number of carbonyl (C=O) groups excluding carboxylic acids is 1. The number of nitrogens with zero attached hydrogens (tertiary/aromatic N) is 4. The van der Waals surface area contributed by atoms with Crippen LogP contribution in [0.15, 0.2) is 52.6 Å². The van der Waals surface area contributed by atoms with Crippen molar-refractivity contribution in [3.05, 3.63) is 70.4 Å². The summed E-state index contributed by atoms with van der Waals surface area (Å²) in [6.07, 6.45) is 3.93. The molecule has 30 heavy (non-hydrogen) atoms. The number of carbonyl (C=O) groups is 1. The molecule has 0 spiro atoms. The first-order valence-electron chi connectivity index (χ1n) is 9.29. The van der Waals surface area contributed by atoms with Gasteiger partial charge in [0.05, 0.1) is 12.2 Å². The Morgan fingerprint density at radius 3 is 2.80 bits per heavy atom. The number of amides is 1. The van der Waals surface area contributed by atoms with Gasteiger partial charge in [-0.25, -0.2) is 9.37 Å². The molecule has 4 aromatic rings. The molecule has 3 aromatic heterocycles. The number of aromatic nitrogens is 4. The first kappa shape index (κ1) is 19.8. The summed E-state index contributed by atoms with van der Waals surface area (Å²) in [7, 11) is 0. The minimum atomic E-state index is -0.326. The lowest BCUT2D eigenvalue weighted by atomic mass is 10.1. The maximum absolute atomic E-state index is 13.7. The zero-order valence-electron chi connectivity index (χ0n) is 16.1. The molecule has 9 heteroatoms. The Balaban J connectivity index is 1.28. The lowest BCUT2D eigenvalue weighted by Gasteiger charge is -2.01. The molecule has 0 bridgehead atoms. The maximum Gasteiger partial charge on any atom is 0.227 e. The Hall–Kier alpha value is -3.46. The standard InChI is InChI=1S/C21H18FN5O2S/c1-13-2-3-15(10-16(13)22)21-26-19(29-27-21)5-4-18(28)24-11-20-25-17(12-30-20)14-6-8-23-9-7-14/h2-3,6-10,12H,4-5,11H2,1H3,(H,24,28). The smallest absolute Gasteiger partial charge is 0.227 e. The van der Waals surface area contributed by atoms with E-state index in [1.807, 2.05) is 17.5 Å². The molecular formula is C21H18FN5O2S. The molecule has 0 fully saturated rings. The molecule has 1 amide bonds. The van der Waals surface area contributed by atoms with Gasteiger partial charge in [0.25, 0.3) is 0 Å². The van der Waals surface area contributed by atoms with Crippen molar-refractivity contribution in [2.24, 2.45) is 0 Å². The summed E-state index contributed by atoms with van der Waals surface area (Å²) in [5.41, 5.74) is 2.93. The molecule has 152 valence electrons. The average molecular weight is 423 g/mol. The molecule has 4 rings (SSSR count). The first-order valence-corrected chi connectivity index (χ1v) is 10.2. The van der Waals surface area contributed by atoms with Gasteiger partial charge in [0, 0.05) is 41.7 Å². The third-order valence-corrected chi connectivity index (χ3v) is 5.28. The number of aryl methyl sites for hydroxylation is 2. The van der Waals surface area contributed by atoms with Crippen molar-refractivity contribution in [2.75, 3.05) is 0 Å². The number of benzene rings is 1. The Bertz CT molecular complexity index is 1160. The minimum absolute atomic E-state index is 0.142. The minimum Gasteiger partial charge on any atom is -0.350 e. The molecule has 0 aliphatic rings. The second kappa shape index (κ2) is 8.91. The van der Waals surface area contributed by atoms with E-state index in [1.54, 1.807) is 31.5 Å². The molecule has 0 radical (unpaired) electrons. The van der Waals surface area contributed by atoms with Crippen LogP contribution in [0.1, 0.15) is 22.9 Å². The normalized spacial score (nSPS) is 10.9. The van der Waals surface area contributed by atoms with Crippen LogP contribution in [0.5, 0.6) is 0 Å². The van der Waals surface area contributed by atoms with Crippen LogP contribution < -0.4 is 5.32 Å². The Kier molecular flexibility index (Phi) is 5.89. The first-order chi connectivity index (χ1) is 14.6. The van der Waals surface area contributed by atoms with Crippen LogP contribution in [0.4, 0.5) is 4.39 Å². The van der Waals surface area contributed by atoms with E-state index in [-0.39, 0.29) is 18.1 Å². The summed E-state index contributed by atoms with van der Waals surface area (Å²) in [4.78, 5) is 24.9. The van der Waals surface area contributed by atoms with Gasteiger partial charge in [0.1, 0.15) is 10.8 Å². The molecule has 0 saturated carbocycles. The van der Waals surface area contributed by atoms with Crippen LogP contribution in [0, 0.1) is 12.7 Å². The molecule has 3 heterocycles. The van der Waals surface area contributed by atoms with E-state index in [0.717, 1.165) is 16.3 Å². The van der Waals surface area contributed by atoms with Crippen LogP contribution in [-0.2, 0) is 17.8 Å². The summed E-state index contributed by atoms with van der Waals surface area (Å²) in [5.74, 6) is 0.162. The van der Waals surface area contributed by atoms with E-state index in [2.05, 4.69) is 25.4 Å². The highest BCUT2D eigenvalue weighted by atomic mass is 32.1.